The molecule has 0 saturated carbocycles. The predicted molar refractivity (Wildman–Crippen MR) is 73.2 cm³/mol. The van der Waals surface area contributed by atoms with Crippen LogP contribution < -0.4 is 5.32 Å². The summed E-state index contributed by atoms with van der Waals surface area (Å²) in [5.41, 5.74) is 2.19. The summed E-state index contributed by atoms with van der Waals surface area (Å²) in [5.74, 6) is -0.197. The van der Waals surface area contributed by atoms with Gasteiger partial charge in [-0.2, -0.15) is 0 Å². The summed E-state index contributed by atoms with van der Waals surface area (Å²) in [6.07, 6.45) is 0. The number of halogens is 1. The van der Waals surface area contributed by atoms with Crippen LogP contribution in [0.3, 0.4) is 0 Å². The van der Waals surface area contributed by atoms with Gasteiger partial charge in [0.1, 0.15) is 10.8 Å². The highest BCUT2D eigenvalue weighted by molar-refractivity contribution is 7.11. The third kappa shape index (κ3) is 3.15. The van der Waals surface area contributed by atoms with E-state index in [9.17, 15) is 4.39 Å². The Labute approximate surface area is 111 Å². The normalized spacial score (nSPS) is 12.7. The fourth-order valence-corrected chi connectivity index (χ4v) is 2.61. The van der Waals surface area contributed by atoms with Crippen molar-refractivity contribution in [3.63, 3.8) is 0 Å². The Bertz CT molecular complexity index is 500. The van der Waals surface area contributed by atoms with Gasteiger partial charge in [0.25, 0.3) is 0 Å². The lowest BCUT2D eigenvalue weighted by Crippen LogP contribution is -2.17. The first kappa shape index (κ1) is 13.2. The molecule has 96 valence electrons. The van der Waals surface area contributed by atoms with Crippen molar-refractivity contribution in [2.24, 2.45) is 0 Å². The number of aromatic nitrogens is 1. The first-order valence-electron chi connectivity index (χ1n) is 5.98. The van der Waals surface area contributed by atoms with Crippen LogP contribution in [0.5, 0.6) is 0 Å². The molecule has 1 aromatic heterocycles. The molecule has 0 radical (unpaired) electrons. The van der Waals surface area contributed by atoms with Gasteiger partial charge >= 0.3 is 0 Å². The molecule has 0 unspecified atom stereocenters. The standard InChI is InChI=1S/C14H17FN2S/c1-9-11(3)18-14(17-9)8-16-10(2)12-4-6-13(15)7-5-12/h4-7,10,16H,8H2,1-3H3/t10-/m0/s1. The fourth-order valence-electron chi connectivity index (χ4n) is 1.72. The number of thiazole rings is 1. The van der Waals surface area contributed by atoms with Crippen LogP contribution in [-0.2, 0) is 6.54 Å². The molecule has 1 aromatic carbocycles. The zero-order valence-electron chi connectivity index (χ0n) is 10.8. The zero-order chi connectivity index (χ0) is 13.1. The minimum absolute atomic E-state index is 0.190. The Kier molecular flexibility index (Phi) is 4.09. The van der Waals surface area contributed by atoms with E-state index in [2.05, 4.69) is 24.1 Å². The molecule has 0 amide bonds. The van der Waals surface area contributed by atoms with Crippen LogP contribution in [0.25, 0.3) is 0 Å². The van der Waals surface area contributed by atoms with Gasteiger partial charge in [-0.15, -0.1) is 11.3 Å². The van der Waals surface area contributed by atoms with E-state index in [0.29, 0.717) is 0 Å². The summed E-state index contributed by atoms with van der Waals surface area (Å²) in [7, 11) is 0. The van der Waals surface area contributed by atoms with Crippen LogP contribution in [-0.4, -0.2) is 4.98 Å². The molecule has 18 heavy (non-hydrogen) atoms. The lowest BCUT2D eigenvalue weighted by molar-refractivity contribution is 0.569. The van der Waals surface area contributed by atoms with Gasteiger partial charge in [0.05, 0.1) is 5.69 Å². The monoisotopic (exact) mass is 264 g/mol. The smallest absolute Gasteiger partial charge is 0.123 e. The second-order valence-corrected chi connectivity index (χ2v) is 5.69. The van der Waals surface area contributed by atoms with Crippen molar-refractivity contribution in [1.82, 2.24) is 10.3 Å². The van der Waals surface area contributed by atoms with Gasteiger partial charge in [0.2, 0.25) is 0 Å². The van der Waals surface area contributed by atoms with E-state index < -0.39 is 0 Å². The van der Waals surface area contributed by atoms with Crippen molar-refractivity contribution in [1.29, 1.82) is 0 Å². The number of rotatable bonds is 4. The van der Waals surface area contributed by atoms with E-state index in [0.717, 1.165) is 22.8 Å². The van der Waals surface area contributed by atoms with Crippen molar-refractivity contribution in [3.05, 3.63) is 51.2 Å². The highest BCUT2D eigenvalue weighted by Gasteiger charge is 2.07. The number of benzene rings is 1. The highest BCUT2D eigenvalue weighted by Crippen LogP contribution is 2.18. The Morgan fingerprint density at radius 3 is 2.50 bits per heavy atom. The highest BCUT2D eigenvalue weighted by atomic mass is 32.1. The number of nitrogens with one attached hydrogen (secondary N) is 1. The van der Waals surface area contributed by atoms with Crippen LogP contribution >= 0.6 is 11.3 Å². The average molecular weight is 264 g/mol. The van der Waals surface area contributed by atoms with Crippen LogP contribution in [0.15, 0.2) is 24.3 Å². The molecular formula is C14H17FN2S. The Hall–Kier alpha value is -1.26. The molecule has 2 aromatic rings. The Balaban J connectivity index is 1.95. The van der Waals surface area contributed by atoms with Gasteiger partial charge < -0.3 is 5.32 Å². The van der Waals surface area contributed by atoms with Gasteiger partial charge in [-0.25, -0.2) is 9.37 Å². The summed E-state index contributed by atoms with van der Waals surface area (Å²) in [5, 5.41) is 4.50. The number of hydrogen-bond acceptors (Lipinski definition) is 3. The van der Waals surface area contributed by atoms with Crippen LogP contribution in [0.4, 0.5) is 4.39 Å². The SMILES string of the molecule is Cc1nc(CN[C@@H](C)c2ccc(F)cc2)sc1C. The van der Waals surface area contributed by atoms with Gasteiger partial charge in [-0.3, -0.25) is 0 Å². The molecule has 0 aliphatic carbocycles. The predicted octanol–water partition coefficient (Wildman–Crippen LogP) is 3.75. The van der Waals surface area contributed by atoms with Gasteiger partial charge in [-0.05, 0) is 38.5 Å². The summed E-state index contributed by atoms with van der Waals surface area (Å²) < 4.78 is 12.8. The maximum atomic E-state index is 12.8. The van der Waals surface area contributed by atoms with E-state index >= 15 is 0 Å². The maximum Gasteiger partial charge on any atom is 0.123 e. The van der Waals surface area contributed by atoms with Gasteiger partial charge in [0.15, 0.2) is 0 Å². The molecule has 0 bridgehead atoms. The van der Waals surface area contributed by atoms with Crippen LogP contribution in [0.2, 0.25) is 0 Å². The zero-order valence-corrected chi connectivity index (χ0v) is 11.6. The average Bonchev–Trinajstić information content (AvgIpc) is 2.67. The van der Waals surface area contributed by atoms with Crippen molar-refractivity contribution in [2.75, 3.05) is 0 Å². The summed E-state index contributed by atoms with van der Waals surface area (Å²) in [4.78, 5) is 5.75. The van der Waals surface area contributed by atoms with Crippen molar-refractivity contribution >= 4 is 11.3 Å². The van der Waals surface area contributed by atoms with Crippen molar-refractivity contribution in [3.8, 4) is 0 Å². The van der Waals surface area contributed by atoms with Gasteiger partial charge in [0, 0.05) is 17.5 Å². The molecule has 1 heterocycles. The molecule has 0 spiro atoms. The van der Waals surface area contributed by atoms with E-state index in [1.165, 1.54) is 17.0 Å². The second-order valence-electron chi connectivity index (χ2n) is 4.40. The quantitative estimate of drug-likeness (QED) is 0.909. The van der Waals surface area contributed by atoms with Crippen LogP contribution in [0.1, 0.15) is 34.1 Å². The molecule has 2 nitrogen and oxygen atoms in total. The number of nitrogens with zero attached hydrogens (tertiary/aromatic N) is 1. The minimum atomic E-state index is -0.197. The topological polar surface area (TPSA) is 24.9 Å². The third-order valence-electron chi connectivity index (χ3n) is 3.00. The van der Waals surface area contributed by atoms with Crippen molar-refractivity contribution < 1.29 is 4.39 Å². The molecule has 1 atom stereocenters. The fraction of sp³-hybridized carbons (Fsp3) is 0.357. The summed E-state index contributed by atoms with van der Waals surface area (Å²) >= 11 is 1.72. The van der Waals surface area contributed by atoms with E-state index in [1.807, 2.05) is 19.1 Å². The Morgan fingerprint density at radius 2 is 1.94 bits per heavy atom. The molecule has 2 rings (SSSR count). The number of hydrogen-bond donors (Lipinski definition) is 1. The minimum Gasteiger partial charge on any atom is -0.304 e. The third-order valence-corrected chi connectivity index (χ3v) is 4.08. The maximum absolute atomic E-state index is 12.8. The molecular weight excluding hydrogens is 247 g/mol. The molecule has 0 aliphatic heterocycles. The van der Waals surface area contributed by atoms with Crippen LogP contribution in [0, 0.1) is 19.7 Å². The van der Waals surface area contributed by atoms with E-state index in [4.69, 9.17) is 0 Å². The molecule has 4 heteroatoms. The molecule has 1 N–H and O–H groups in total. The second kappa shape index (κ2) is 5.59. The van der Waals surface area contributed by atoms with Crippen molar-refractivity contribution in [2.45, 2.75) is 33.4 Å². The van der Waals surface area contributed by atoms with E-state index in [-0.39, 0.29) is 11.9 Å². The lowest BCUT2D eigenvalue weighted by Gasteiger charge is -2.13. The van der Waals surface area contributed by atoms with Gasteiger partial charge in [-0.1, -0.05) is 12.1 Å². The molecule has 0 fully saturated rings. The summed E-state index contributed by atoms with van der Waals surface area (Å²) in [6, 6.07) is 6.79. The summed E-state index contributed by atoms with van der Waals surface area (Å²) in [6.45, 7) is 6.93. The molecule has 0 aliphatic rings. The lowest BCUT2D eigenvalue weighted by atomic mass is 10.1. The first-order valence-corrected chi connectivity index (χ1v) is 6.79. The van der Waals surface area contributed by atoms with E-state index in [1.54, 1.807) is 11.3 Å². The first-order chi connectivity index (χ1) is 8.56. The largest absolute Gasteiger partial charge is 0.304 e. The Morgan fingerprint density at radius 1 is 1.28 bits per heavy atom. The number of aryl methyl sites for hydroxylation is 2. The molecule has 0 saturated heterocycles.